The first kappa shape index (κ1) is 12.2. The summed E-state index contributed by atoms with van der Waals surface area (Å²) in [5.74, 6) is 0. The molecule has 1 aromatic carbocycles. The number of aliphatic hydroxyl groups is 1. The molecule has 0 bridgehead atoms. The molecule has 0 spiro atoms. The number of piperidine rings is 1. The largest absolute Gasteiger partial charge is 0.388 e. The average Bonchev–Trinajstić information content (AvgIpc) is 2.27. The van der Waals surface area contributed by atoms with Gasteiger partial charge in [0.05, 0.1) is 27.9 Å². The molecule has 2 rings (SSSR count). The second kappa shape index (κ2) is 4.56. The van der Waals surface area contributed by atoms with Gasteiger partial charge in [0.2, 0.25) is 0 Å². The van der Waals surface area contributed by atoms with E-state index in [1.54, 1.807) is 12.1 Å². The lowest BCUT2D eigenvalue weighted by molar-refractivity contribution is 0.0449. The molecule has 0 radical (unpaired) electrons. The Kier molecular flexibility index (Phi) is 3.28. The van der Waals surface area contributed by atoms with E-state index in [9.17, 15) is 5.11 Å². The molecular formula is C13H15ClN2O. The Bertz CT molecular complexity index is 465. The van der Waals surface area contributed by atoms with Crippen LogP contribution in [0.1, 0.15) is 25.3 Å². The van der Waals surface area contributed by atoms with Crippen LogP contribution in [-0.4, -0.2) is 23.8 Å². The highest BCUT2D eigenvalue weighted by atomic mass is 35.5. The van der Waals surface area contributed by atoms with E-state index < -0.39 is 5.60 Å². The van der Waals surface area contributed by atoms with Gasteiger partial charge in [0.1, 0.15) is 0 Å². The van der Waals surface area contributed by atoms with Gasteiger partial charge in [0, 0.05) is 13.1 Å². The number of anilines is 1. The molecule has 1 N–H and O–H groups in total. The topological polar surface area (TPSA) is 47.3 Å². The van der Waals surface area contributed by atoms with Crippen LogP contribution in [0.5, 0.6) is 0 Å². The van der Waals surface area contributed by atoms with Gasteiger partial charge in [-0.15, -0.1) is 0 Å². The second-order valence-corrected chi connectivity index (χ2v) is 5.21. The summed E-state index contributed by atoms with van der Waals surface area (Å²) in [6.07, 6.45) is 1.76. The fourth-order valence-corrected chi connectivity index (χ4v) is 2.56. The maximum atomic E-state index is 10.1. The van der Waals surface area contributed by atoms with Crippen molar-refractivity contribution in [3.05, 3.63) is 28.8 Å². The van der Waals surface area contributed by atoms with Crippen LogP contribution < -0.4 is 4.90 Å². The highest BCUT2D eigenvalue weighted by Gasteiger charge is 2.29. The van der Waals surface area contributed by atoms with Crippen LogP contribution in [0, 0.1) is 11.3 Å². The minimum absolute atomic E-state index is 0.558. The first-order chi connectivity index (χ1) is 8.02. The lowest BCUT2D eigenvalue weighted by Gasteiger charge is -2.38. The van der Waals surface area contributed by atoms with Crippen LogP contribution in [0.15, 0.2) is 18.2 Å². The van der Waals surface area contributed by atoms with Crippen LogP contribution in [0.25, 0.3) is 0 Å². The molecule has 1 atom stereocenters. The maximum absolute atomic E-state index is 10.1. The molecular weight excluding hydrogens is 236 g/mol. The van der Waals surface area contributed by atoms with Crippen molar-refractivity contribution in [3.63, 3.8) is 0 Å². The van der Waals surface area contributed by atoms with E-state index in [1.165, 1.54) is 0 Å². The van der Waals surface area contributed by atoms with Gasteiger partial charge in [0.25, 0.3) is 0 Å². The molecule has 3 nitrogen and oxygen atoms in total. The summed E-state index contributed by atoms with van der Waals surface area (Å²) in [6, 6.07) is 7.33. The predicted octanol–water partition coefficient (Wildman–Crippen LogP) is 2.56. The van der Waals surface area contributed by atoms with Crippen LogP contribution in [-0.2, 0) is 0 Å². The highest BCUT2D eigenvalue weighted by Crippen LogP contribution is 2.31. The SMILES string of the molecule is CC1(O)CCCN(c2ccc(C#N)cc2Cl)C1. The van der Waals surface area contributed by atoms with Crippen LogP contribution in [0.3, 0.4) is 0 Å². The van der Waals surface area contributed by atoms with E-state index in [1.807, 2.05) is 13.0 Å². The van der Waals surface area contributed by atoms with Gasteiger partial charge in [-0.05, 0) is 38.0 Å². The molecule has 4 heteroatoms. The van der Waals surface area contributed by atoms with Gasteiger partial charge in [-0.1, -0.05) is 11.6 Å². The molecule has 1 aliphatic rings. The van der Waals surface area contributed by atoms with Crippen molar-refractivity contribution < 1.29 is 5.11 Å². The van der Waals surface area contributed by atoms with Gasteiger partial charge >= 0.3 is 0 Å². The molecule has 1 fully saturated rings. The standard InChI is InChI=1S/C13H15ClN2O/c1-13(17)5-2-6-16(9-13)12-4-3-10(8-15)7-11(12)14/h3-4,7,17H,2,5-6,9H2,1H3. The third-order valence-electron chi connectivity index (χ3n) is 3.09. The summed E-state index contributed by atoms with van der Waals surface area (Å²) >= 11 is 6.16. The zero-order chi connectivity index (χ0) is 12.5. The summed E-state index contributed by atoms with van der Waals surface area (Å²) < 4.78 is 0. The van der Waals surface area contributed by atoms with Crippen molar-refractivity contribution in [2.45, 2.75) is 25.4 Å². The molecule has 1 heterocycles. The van der Waals surface area contributed by atoms with Crippen molar-refractivity contribution in [1.82, 2.24) is 0 Å². The lowest BCUT2D eigenvalue weighted by Crippen LogP contribution is -2.46. The molecule has 1 saturated heterocycles. The molecule has 17 heavy (non-hydrogen) atoms. The normalized spacial score (nSPS) is 24.5. The van der Waals surface area contributed by atoms with Gasteiger partial charge in [0.15, 0.2) is 0 Å². The minimum Gasteiger partial charge on any atom is -0.388 e. The number of hydrogen-bond donors (Lipinski definition) is 1. The summed E-state index contributed by atoms with van der Waals surface area (Å²) in [5, 5.41) is 19.4. The van der Waals surface area contributed by atoms with E-state index in [2.05, 4.69) is 11.0 Å². The number of benzene rings is 1. The molecule has 0 saturated carbocycles. The van der Waals surface area contributed by atoms with Gasteiger partial charge in [-0.2, -0.15) is 5.26 Å². The summed E-state index contributed by atoms with van der Waals surface area (Å²) in [7, 11) is 0. The molecule has 0 amide bonds. The minimum atomic E-state index is -0.657. The molecule has 0 aromatic heterocycles. The number of halogens is 1. The van der Waals surface area contributed by atoms with Gasteiger partial charge < -0.3 is 10.0 Å². The molecule has 1 aromatic rings. The Hall–Kier alpha value is -1.24. The summed E-state index contributed by atoms with van der Waals surface area (Å²) in [6.45, 7) is 3.32. The van der Waals surface area contributed by atoms with E-state index in [4.69, 9.17) is 16.9 Å². The number of nitriles is 1. The van der Waals surface area contributed by atoms with E-state index >= 15 is 0 Å². The zero-order valence-electron chi connectivity index (χ0n) is 9.78. The smallest absolute Gasteiger partial charge is 0.0992 e. The van der Waals surface area contributed by atoms with Gasteiger partial charge in [-0.3, -0.25) is 0 Å². The molecule has 1 aliphatic heterocycles. The number of β-amino-alcohol motifs (C(OH)–C–C–N with tert-alkyl or cyclic N) is 1. The second-order valence-electron chi connectivity index (χ2n) is 4.80. The van der Waals surface area contributed by atoms with Crippen molar-refractivity contribution in [2.24, 2.45) is 0 Å². The lowest BCUT2D eigenvalue weighted by atomic mass is 9.94. The third-order valence-corrected chi connectivity index (χ3v) is 3.40. The van der Waals surface area contributed by atoms with Crippen LogP contribution >= 0.6 is 11.6 Å². The Morgan fingerprint density at radius 1 is 1.53 bits per heavy atom. The molecule has 90 valence electrons. The average molecular weight is 251 g/mol. The fourth-order valence-electron chi connectivity index (χ4n) is 2.26. The van der Waals surface area contributed by atoms with Crippen molar-refractivity contribution >= 4 is 17.3 Å². The Morgan fingerprint density at radius 3 is 2.88 bits per heavy atom. The molecule has 0 aliphatic carbocycles. The summed E-state index contributed by atoms with van der Waals surface area (Å²) in [4.78, 5) is 2.08. The number of hydrogen-bond acceptors (Lipinski definition) is 3. The van der Waals surface area contributed by atoms with Crippen molar-refractivity contribution in [2.75, 3.05) is 18.0 Å². The quantitative estimate of drug-likeness (QED) is 0.833. The van der Waals surface area contributed by atoms with Crippen molar-refractivity contribution in [3.8, 4) is 6.07 Å². The van der Waals surface area contributed by atoms with Crippen LogP contribution in [0.4, 0.5) is 5.69 Å². The number of nitrogens with zero attached hydrogens (tertiary/aromatic N) is 2. The van der Waals surface area contributed by atoms with E-state index in [-0.39, 0.29) is 0 Å². The fraction of sp³-hybridized carbons (Fsp3) is 0.462. The van der Waals surface area contributed by atoms with Gasteiger partial charge in [-0.25, -0.2) is 0 Å². The summed E-state index contributed by atoms with van der Waals surface area (Å²) in [5.41, 5.74) is 0.795. The van der Waals surface area contributed by atoms with E-state index in [0.29, 0.717) is 17.1 Å². The highest BCUT2D eigenvalue weighted by molar-refractivity contribution is 6.33. The van der Waals surface area contributed by atoms with E-state index in [0.717, 1.165) is 25.1 Å². The predicted molar refractivity (Wildman–Crippen MR) is 68.2 cm³/mol. The Balaban J connectivity index is 2.26. The molecule has 1 unspecified atom stereocenters. The number of rotatable bonds is 1. The monoisotopic (exact) mass is 250 g/mol. The Morgan fingerprint density at radius 2 is 2.29 bits per heavy atom. The Labute approximate surface area is 106 Å². The van der Waals surface area contributed by atoms with Crippen LogP contribution in [0.2, 0.25) is 5.02 Å². The first-order valence-corrected chi connectivity index (χ1v) is 6.07. The first-order valence-electron chi connectivity index (χ1n) is 5.69. The third kappa shape index (κ3) is 2.71. The maximum Gasteiger partial charge on any atom is 0.0992 e. The zero-order valence-corrected chi connectivity index (χ0v) is 10.5. The van der Waals surface area contributed by atoms with Crippen molar-refractivity contribution in [1.29, 1.82) is 5.26 Å².